The summed E-state index contributed by atoms with van der Waals surface area (Å²) in [5, 5.41) is 0. The number of hydrogen-bond acceptors (Lipinski definition) is 7. The molecule has 2 aromatic heterocycles. The van der Waals surface area contributed by atoms with E-state index in [1.807, 2.05) is 4.57 Å². The summed E-state index contributed by atoms with van der Waals surface area (Å²) >= 11 is 0. The maximum atomic E-state index is 13.2. The van der Waals surface area contributed by atoms with Gasteiger partial charge in [0.2, 0.25) is 11.5 Å². The summed E-state index contributed by atoms with van der Waals surface area (Å²) in [6, 6.07) is 0.0782. The minimum absolute atomic E-state index is 0.0782. The third kappa shape index (κ3) is 3.51. The lowest BCUT2D eigenvalue weighted by molar-refractivity contribution is -0.154. The molecule has 3 heterocycles. The van der Waals surface area contributed by atoms with Crippen molar-refractivity contribution in [3.05, 3.63) is 10.4 Å². The van der Waals surface area contributed by atoms with Gasteiger partial charge in [0.05, 0.1) is 13.2 Å². The van der Waals surface area contributed by atoms with Gasteiger partial charge in [-0.1, -0.05) is 5.92 Å². The number of hydrogen-bond donors (Lipinski definition) is 0. The number of nitrogens with zero attached hydrogens (tertiary/aromatic N) is 5. The number of esters is 1. The predicted octanol–water partition coefficient (Wildman–Crippen LogP) is 1.62. The van der Waals surface area contributed by atoms with E-state index in [4.69, 9.17) is 9.47 Å². The number of anilines is 1. The van der Waals surface area contributed by atoms with Gasteiger partial charge < -0.3 is 14.4 Å². The first kappa shape index (κ1) is 20.3. The molecule has 4 rings (SSSR count). The summed E-state index contributed by atoms with van der Waals surface area (Å²) in [6.45, 7) is 5.94. The van der Waals surface area contributed by atoms with Crippen LogP contribution in [-0.2, 0) is 23.1 Å². The Morgan fingerprint density at radius 1 is 1.20 bits per heavy atom. The Morgan fingerprint density at radius 3 is 2.57 bits per heavy atom. The SMILES string of the molecule is CC#CCn1c(N2CCCCC2)nc2nc(OC3(C(=O)OCC)CC3)n(C)c(=O)c21. The van der Waals surface area contributed by atoms with Crippen LogP contribution in [-0.4, -0.2) is 50.4 Å². The maximum absolute atomic E-state index is 13.2. The van der Waals surface area contributed by atoms with E-state index < -0.39 is 11.6 Å². The van der Waals surface area contributed by atoms with Crippen LogP contribution in [0.5, 0.6) is 6.01 Å². The quantitative estimate of drug-likeness (QED) is 0.525. The number of aromatic nitrogens is 4. The van der Waals surface area contributed by atoms with Crippen molar-refractivity contribution in [1.82, 2.24) is 19.1 Å². The first-order chi connectivity index (χ1) is 14.5. The zero-order valence-corrected chi connectivity index (χ0v) is 17.7. The number of ether oxygens (including phenoxy) is 2. The van der Waals surface area contributed by atoms with Crippen LogP contribution < -0.4 is 15.2 Å². The van der Waals surface area contributed by atoms with Crippen molar-refractivity contribution in [2.45, 2.75) is 58.1 Å². The second-order valence-electron chi connectivity index (χ2n) is 7.72. The average molecular weight is 413 g/mol. The molecule has 0 unspecified atom stereocenters. The fourth-order valence-electron chi connectivity index (χ4n) is 3.76. The summed E-state index contributed by atoms with van der Waals surface area (Å²) < 4.78 is 14.2. The average Bonchev–Trinajstić information content (AvgIpc) is 3.45. The van der Waals surface area contributed by atoms with Gasteiger partial charge in [-0.2, -0.15) is 9.97 Å². The van der Waals surface area contributed by atoms with Gasteiger partial charge in [0.15, 0.2) is 11.2 Å². The summed E-state index contributed by atoms with van der Waals surface area (Å²) in [5.74, 6) is 6.22. The van der Waals surface area contributed by atoms with E-state index in [9.17, 15) is 9.59 Å². The molecule has 0 aromatic carbocycles. The van der Waals surface area contributed by atoms with Gasteiger partial charge in [-0.05, 0) is 33.1 Å². The lowest BCUT2D eigenvalue weighted by Gasteiger charge is -2.27. The summed E-state index contributed by atoms with van der Waals surface area (Å²) in [5.41, 5.74) is -0.615. The second-order valence-corrected chi connectivity index (χ2v) is 7.72. The van der Waals surface area contributed by atoms with E-state index >= 15 is 0 Å². The van der Waals surface area contributed by atoms with Gasteiger partial charge in [0, 0.05) is 33.0 Å². The van der Waals surface area contributed by atoms with Crippen molar-refractivity contribution in [2.75, 3.05) is 24.6 Å². The van der Waals surface area contributed by atoms with E-state index in [0.717, 1.165) is 25.9 Å². The first-order valence-corrected chi connectivity index (χ1v) is 10.5. The number of carbonyl (C=O) groups excluding carboxylic acids is 1. The highest BCUT2D eigenvalue weighted by Crippen LogP contribution is 2.41. The zero-order valence-electron chi connectivity index (χ0n) is 17.7. The molecule has 1 aliphatic heterocycles. The summed E-state index contributed by atoms with van der Waals surface area (Å²) in [4.78, 5) is 36.9. The van der Waals surface area contributed by atoms with Crippen LogP contribution in [0.1, 0.15) is 46.0 Å². The molecule has 0 N–H and O–H groups in total. The monoisotopic (exact) mass is 413 g/mol. The largest absolute Gasteiger partial charge is 0.463 e. The molecule has 9 heteroatoms. The Kier molecular flexibility index (Phi) is 5.41. The van der Waals surface area contributed by atoms with Crippen LogP contribution in [0, 0.1) is 11.8 Å². The third-order valence-corrected chi connectivity index (χ3v) is 5.62. The van der Waals surface area contributed by atoms with Crippen molar-refractivity contribution >= 4 is 23.1 Å². The molecule has 1 saturated carbocycles. The Labute approximate surface area is 175 Å². The zero-order chi connectivity index (χ0) is 21.3. The highest BCUT2D eigenvalue weighted by molar-refractivity contribution is 5.83. The van der Waals surface area contributed by atoms with Crippen molar-refractivity contribution < 1.29 is 14.3 Å². The smallest absolute Gasteiger partial charge is 0.350 e. The standard InChI is InChI=1S/C21H27N5O4/c1-4-6-14-26-15-16(22-19(26)25-12-8-7-9-13-25)23-20(24(3)17(15)27)30-21(10-11-21)18(28)29-5-2/h5,7-14H2,1-3H3. The van der Waals surface area contributed by atoms with Crippen LogP contribution in [0.15, 0.2) is 4.79 Å². The minimum atomic E-state index is -1.05. The first-order valence-electron chi connectivity index (χ1n) is 10.5. The Morgan fingerprint density at radius 2 is 1.93 bits per heavy atom. The molecule has 2 fully saturated rings. The molecule has 0 spiro atoms. The van der Waals surface area contributed by atoms with Gasteiger partial charge in [0.25, 0.3) is 5.56 Å². The fourth-order valence-corrected chi connectivity index (χ4v) is 3.76. The van der Waals surface area contributed by atoms with Crippen molar-refractivity contribution in [3.8, 4) is 17.9 Å². The van der Waals surface area contributed by atoms with E-state index in [1.165, 1.54) is 11.0 Å². The maximum Gasteiger partial charge on any atom is 0.350 e. The lowest BCUT2D eigenvalue weighted by atomic mass is 10.1. The number of piperidine rings is 1. The topological polar surface area (TPSA) is 91.5 Å². The molecule has 9 nitrogen and oxygen atoms in total. The Balaban J connectivity index is 1.78. The van der Waals surface area contributed by atoms with Gasteiger partial charge in [0.1, 0.15) is 0 Å². The van der Waals surface area contributed by atoms with Gasteiger partial charge in [-0.3, -0.25) is 13.9 Å². The molecule has 0 bridgehead atoms. The number of imidazole rings is 1. The highest BCUT2D eigenvalue weighted by atomic mass is 16.6. The van der Waals surface area contributed by atoms with Gasteiger partial charge in [-0.15, -0.1) is 5.92 Å². The normalized spacial score (nSPS) is 17.4. The van der Waals surface area contributed by atoms with Crippen LogP contribution in [0.2, 0.25) is 0 Å². The number of carbonyl (C=O) groups is 1. The molecule has 160 valence electrons. The number of rotatable bonds is 6. The van der Waals surface area contributed by atoms with Gasteiger partial charge >= 0.3 is 12.0 Å². The molecule has 1 saturated heterocycles. The van der Waals surface area contributed by atoms with E-state index in [2.05, 4.69) is 26.7 Å². The molecular formula is C21H27N5O4. The summed E-state index contributed by atoms with van der Waals surface area (Å²) in [6.07, 6.45) is 4.45. The van der Waals surface area contributed by atoms with Crippen LogP contribution in [0.4, 0.5) is 5.95 Å². The molecule has 1 aliphatic carbocycles. The highest BCUT2D eigenvalue weighted by Gasteiger charge is 2.55. The van der Waals surface area contributed by atoms with Crippen molar-refractivity contribution in [3.63, 3.8) is 0 Å². The molecule has 0 atom stereocenters. The molecule has 0 amide bonds. The van der Waals surface area contributed by atoms with E-state index in [-0.39, 0.29) is 18.2 Å². The predicted molar refractivity (Wildman–Crippen MR) is 112 cm³/mol. The lowest BCUT2D eigenvalue weighted by Crippen LogP contribution is -2.34. The second kappa shape index (κ2) is 8.01. The molecule has 0 radical (unpaired) electrons. The van der Waals surface area contributed by atoms with Crippen molar-refractivity contribution in [1.29, 1.82) is 0 Å². The van der Waals surface area contributed by atoms with Crippen LogP contribution in [0.25, 0.3) is 11.2 Å². The van der Waals surface area contributed by atoms with E-state index in [0.29, 0.717) is 36.5 Å². The molecular weight excluding hydrogens is 386 g/mol. The van der Waals surface area contributed by atoms with Crippen LogP contribution in [0.3, 0.4) is 0 Å². The van der Waals surface area contributed by atoms with Crippen LogP contribution >= 0.6 is 0 Å². The van der Waals surface area contributed by atoms with Gasteiger partial charge in [-0.25, -0.2) is 4.79 Å². The minimum Gasteiger partial charge on any atom is -0.463 e. The molecule has 30 heavy (non-hydrogen) atoms. The van der Waals surface area contributed by atoms with E-state index in [1.54, 1.807) is 20.9 Å². The molecule has 2 aliphatic rings. The third-order valence-electron chi connectivity index (χ3n) is 5.62. The fraction of sp³-hybridized carbons (Fsp3) is 0.619. The summed E-state index contributed by atoms with van der Waals surface area (Å²) in [7, 11) is 1.59. The Hall–Kier alpha value is -3.02. The number of fused-ring (bicyclic) bond motifs is 1. The molecule has 2 aromatic rings. The Bertz CT molecular complexity index is 1080. The van der Waals surface area contributed by atoms with Crippen molar-refractivity contribution in [2.24, 2.45) is 7.05 Å².